The number of hydrogen-bond donors (Lipinski definition) is 0. The fraction of sp³-hybridized carbons (Fsp3) is 0.500. The van der Waals surface area contributed by atoms with Crippen LogP contribution in [0.4, 0.5) is 0 Å². The van der Waals surface area contributed by atoms with Gasteiger partial charge in [-0.3, -0.25) is 14.0 Å². The number of likely N-dealkylation sites (tertiary alicyclic amines) is 1. The number of rotatable bonds is 1. The molecule has 4 rings (SSSR count). The minimum Gasteiger partial charge on any atom is -0.381 e. The van der Waals surface area contributed by atoms with Crippen LogP contribution >= 0.6 is 0 Å². The van der Waals surface area contributed by atoms with Gasteiger partial charge in [-0.1, -0.05) is 6.07 Å². The molecule has 0 saturated carbocycles. The number of hydrogen-bond acceptors (Lipinski definition) is 4. The van der Waals surface area contributed by atoms with Crippen molar-refractivity contribution < 1.29 is 9.53 Å². The summed E-state index contributed by atoms with van der Waals surface area (Å²) in [6, 6.07) is 5.47. The van der Waals surface area contributed by atoms with Crippen molar-refractivity contribution in [3.63, 3.8) is 0 Å². The molecule has 6 heteroatoms. The summed E-state index contributed by atoms with van der Waals surface area (Å²) in [5.74, 6) is -0.212. The molecule has 1 atom stereocenters. The first kappa shape index (κ1) is 15.3. The molecule has 0 N–H and O–H groups in total. The number of amides is 1. The molecule has 2 aliphatic heterocycles. The molecular formula is C18H21N3O3. The van der Waals surface area contributed by atoms with Gasteiger partial charge in [0.25, 0.3) is 11.5 Å². The van der Waals surface area contributed by atoms with E-state index in [4.69, 9.17) is 4.74 Å². The molecule has 1 amide bonds. The Morgan fingerprint density at radius 3 is 3.00 bits per heavy atom. The number of carbonyl (C=O) groups excluding carboxylic acids is 1. The highest BCUT2D eigenvalue weighted by molar-refractivity contribution is 5.93. The molecule has 1 spiro atoms. The van der Waals surface area contributed by atoms with Crippen LogP contribution in [0.25, 0.3) is 5.65 Å². The molecular weight excluding hydrogens is 306 g/mol. The summed E-state index contributed by atoms with van der Waals surface area (Å²) in [4.78, 5) is 31.8. The summed E-state index contributed by atoms with van der Waals surface area (Å²) in [5.41, 5.74) is 1.28. The highest BCUT2D eigenvalue weighted by Crippen LogP contribution is 2.37. The minimum atomic E-state index is -0.287. The molecule has 0 aromatic carbocycles. The lowest BCUT2D eigenvalue weighted by atomic mass is 9.79. The van der Waals surface area contributed by atoms with Crippen molar-refractivity contribution in [1.29, 1.82) is 0 Å². The van der Waals surface area contributed by atoms with E-state index in [1.54, 1.807) is 11.0 Å². The minimum absolute atomic E-state index is 0.0737. The number of pyridine rings is 1. The van der Waals surface area contributed by atoms with Gasteiger partial charge in [0.2, 0.25) is 0 Å². The number of carbonyl (C=O) groups is 1. The number of aromatic nitrogens is 2. The highest BCUT2D eigenvalue weighted by atomic mass is 16.5. The van der Waals surface area contributed by atoms with Gasteiger partial charge in [-0.2, -0.15) is 0 Å². The summed E-state index contributed by atoms with van der Waals surface area (Å²) in [5, 5.41) is 0. The third-order valence-electron chi connectivity index (χ3n) is 5.29. The maximum Gasteiger partial charge on any atom is 0.270 e. The predicted octanol–water partition coefficient (Wildman–Crippen LogP) is 1.65. The molecule has 126 valence electrons. The lowest BCUT2D eigenvalue weighted by Gasteiger charge is -2.39. The maximum absolute atomic E-state index is 12.9. The van der Waals surface area contributed by atoms with Crippen molar-refractivity contribution >= 4 is 11.6 Å². The van der Waals surface area contributed by atoms with Gasteiger partial charge in [0.1, 0.15) is 11.2 Å². The Morgan fingerprint density at radius 2 is 2.21 bits per heavy atom. The van der Waals surface area contributed by atoms with Crippen molar-refractivity contribution in [2.45, 2.75) is 26.2 Å². The molecule has 2 aromatic rings. The molecule has 0 aliphatic carbocycles. The van der Waals surface area contributed by atoms with E-state index >= 15 is 0 Å². The molecule has 2 aliphatic rings. The predicted molar refractivity (Wildman–Crippen MR) is 89.2 cm³/mol. The molecule has 2 fully saturated rings. The summed E-state index contributed by atoms with van der Waals surface area (Å²) >= 11 is 0. The van der Waals surface area contributed by atoms with Crippen LogP contribution in [0.5, 0.6) is 0 Å². The van der Waals surface area contributed by atoms with E-state index < -0.39 is 0 Å². The Labute approximate surface area is 140 Å². The lowest BCUT2D eigenvalue weighted by molar-refractivity contribution is 0.0460. The first-order valence-corrected chi connectivity index (χ1v) is 8.44. The highest BCUT2D eigenvalue weighted by Gasteiger charge is 2.40. The zero-order valence-electron chi connectivity index (χ0n) is 13.8. The van der Waals surface area contributed by atoms with E-state index in [0.717, 1.165) is 31.6 Å². The van der Waals surface area contributed by atoms with Crippen LogP contribution in [0.3, 0.4) is 0 Å². The maximum atomic E-state index is 12.9. The molecule has 6 nitrogen and oxygen atoms in total. The van der Waals surface area contributed by atoms with Crippen LogP contribution < -0.4 is 5.56 Å². The first-order valence-electron chi connectivity index (χ1n) is 8.44. The third-order valence-corrected chi connectivity index (χ3v) is 5.29. The summed E-state index contributed by atoms with van der Waals surface area (Å²) in [6.45, 7) is 4.68. The van der Waals surface area contributed by atoms with Crippen LogP contribution in [0, 0.1) is 12.3 Å². The SMILES string of the molecule is Cc1cccc2ncc(C(=O)N3CCC[C@@]4(CCOC4)C3)c(=O)n12. The van der Waals surface area contributed by atoms with Crippen molar-refractivity contribution in [2.24, 2.45) is 5.41 Å². The fourth-order valence-corrected chi connectivity index (χ4v) is 3.94. The quantitative estimate of drug-likeness (QED) is 0.799. The van der Waals surface area contributed by atoms with Crippen molar-refractivity contribution in [1.82, 2.24) is 14.3 Å². The van der Waals surface area contributed by atoms with E-state index in [9.17, 15) is 9.59 Å². The molecule has 0 bridgehead atoms. The summed E-state index contributed by atoms with van der Waals surface area (Å²) < 4.78 is 7.06. The molecule has 2 saturated heterocycles. The monoisotopic (exact) mass is 327 g/mol. The second-order valence-electron chi connectivity index (χ2n) is 6.97. The topological polar surface area (TPSA) is 63.9 Å². The van der Waals surface area contributed by atoms with Gasteiger partial charge < -0.3 is 9.64 Å². The average Bonchev–Trinajstić information content (AvgIpc) is 3.02. The Balaban J connectivity index is 1.69. The number of ether oxygens (including phenoxy) is 1. The second-order valence-corrected chi connectivity index (χ2v) is 6.97. The zero-order valence-corrected chi connectivity index (χ0v) is 13.8. The van der Waals surface area contributed by atoms with Crippen LogP contribution in [0.2, 0.25) is 0 Å². The fourth-order valence-electron chi connectivity index (χ4n) is 3.94. The Bertz CT molecular complexity index is 852. The van der Waals surface area contributed by atoms with Crippen LogP contribution in [-0.2, 0) is 4.74 Å². The third kappa shape index (κ3) is 2.41. The van der Waals surface area contributed by atoms with Gasteiger partial charge >= 0.3 is 0 Å². The number of fused-ring (bicyclic) bond motifs is 1. The molecule has 24 heavy (non-hydrogen) atoms. The number of aryl methyl sites for hydroxylation is 1. The largest absolute Gasteiger partial charge is 0.381 e. The standard InChI is InChI=1S/C18H21N3O3/c1-13-4-2-5-15-19-10-14(17(23)21(13)15)16(22)20-8-3-6-18(11-20)7-9-24-12-18/h2,4-5,10H,3,6-9,11-12H2,1H3/t18-/m1/s1. The molecule has 0 radical (unpaired) electrons. The smallest absolute Gasteiger partial charge is 0.270 e. The molecule has 0 unspecified atom stereocenters. The van der Waals surface area contributed by atoms with Crippen molar-refractivity contribution in [2.75, 3.05) is 26.3 Å². The van der Waals surface area contributed by atoms with E-state index in [1.807, 2.05) is 19.1 Å². The average molecular weight is 327 g/mol. The van der Waals surface area contributed by atoms with Crippen molar-refractivity contribution in [3.05, 3.63) is 46.0 Å². The Morgan fingerprint density at radius 1 is 1.33 bits per heavy atom. The summed E-state index contributed by atoms with van der Waals surface area (Å²) in [7, 11) is 0. The van der Waals surface area contributed by atoms with Crippen molar-refractivity contribution in [3.8, 4) is 0 Å². The zero-order chi connectivity index (χ0) is 16.7. The van der Waals surface area contributed by atoms with Gasteiger partial charge in [-0.15, -0.1) is 0 Å². The van der Waals surface area contributed by atoms with Gasteiger partial charge in [0.15, 0.2) is 0 Å². The van der Waals surface area contributed by atoms with Crippen LogP contribution in [0.15, 0.2) is 29.2 Å². The first-order chi connectivity index (χ1) is 11.6. The normalized spacial score (nSPS) is 24.0. The molecule has 4 heterocycles. The van der Waals surface area contributed by atoms with E-state index in [-0.39, 0.29) is 22.4 Å². The summed E-state index contributed by atoms with van der Waals surface area (Å²) in [6.07, 6.45) is 4.46. The van der Waals surface area contributed by atoms with Crippen LogP contribution in [0.1, 0.15) is 35.3 Å². The van der Waals surface area contributed by atoms with Gasteiger partial charge in [-0.05, 0) is 38.3 Å². The molecule has 2 aromatic heterocycles. The Kier molecular flexibility index (Phi) is 3.64. The van der Waals surface area contributed by atoms with E-state index in [2.05, 4.69) is 4.98 Å². The Hall–Kier alpha value is -2.21. The van der Waals surface area contributed by atoms with Crippen LogP contribution in [-0.4, -0.2) is 46.5 Å². The second kappa shape index (κ2) is 5.70. The lowest BCUT2D eigenvalue weighted by Crippen LogP contribution is -2.47. The number of nitrogens with zero attached hydrogens (tertiary/aromatic N) is 3. The van der Waals surface area contributed by atoms with Gasteiger partial charge in [-0.25, -0.2) is 4.98 Å². The van der Waals surface area contributed by atoms with E-state index in [1.165, 1.54) is 10.6 Å². The van der Waals surface area contributed by atoms with Gasteiger partial charge in [0, 0.05) is 37.0 Å². The van der Waals surface area contributed by atoms with E-state index in [0.29, 0.717) is 25.3 Å². The number of piperidine rings is 1. The van der Waals surface area contributed by atoms with Gasteiger partial charge in [0.05, 0.1) is 6.61 Å².